The molecule has 0 aliphatic rings. The Hall–Kier alpha value is -2.09. The summed E-state index contributed by atoms with van der Waals surface area (Å²) in [7, 11) is 0. The van der Waals surface area contributed by atoms with Crippen LogP contribution in [0, 0.1) is 6.92 Å². The summed E-state index contributed by atoms with van der Waals surface area (Å²) >= 11 is 0. The molecule has 0 aliphatic carbocycles. The van der Waals surface area contributed by atoms with E-state index in [1.807, 2.05) is 54.9 Å². The summed E-state index contributed by atoms with van der Waals surface area (Å²) in [5.74, 6) is 0.635. The Morgan fingerprint density at radius 3 is 2.31 bits per heavy atom. The van der Waals surface area contributed by atoms with Crippen molar-refractivity contribution in [3.8, 4) is 0 Å². The van der Waals surface area contributed by atoms with E-state index in [9.17, 15) is 0 Å². The van der Waals surface area contributed by atoms with Crippen LogP contribution in [0.3, 0.4) is 0 Å². The predicted octanol–water partition coefficient (Wildman–Crippen LogP) is 2.38. The molecule has 0 saturated carbocycles. The van der Waals surface area contributed by atoms with E-state index in [0.717, 1.165) is 5.56 Å². The van der Waals surface area contributed by atoms with Crippen LogP contribution in [0.2, 0.25) is 0 Å². The molecule has 1 aromatic carbocycles. The van der Waals surface area contributed by atoms with Gasteiger partial charge in [0.1, 0.15) is 0 Å². The van der Waals surface area contributed by atoms with E-state index in [1.54, 1.807) is 4.73 Å². The van der Waals surface area contributed by atoms with Crippen LogP contribution in [-0.2, 0) is 0 Å². The lowest BCUT2D eigenvalue weighted by Crippen LogP contribution is -2.40. The first-order valence-corrected chi connectivity index (χ1v) is 5.16. The van der Waals surface area contributed by atoms with Gasteiger partial charge in [-0.1, -0.05) is 35.9 Å². The molecule has 80 valence electrons. The standard InChI is InChI=1S/C14H14NO/c1-12-6-8-14(9-7-12)13(2)16-15-10-4-3-5-11-15/h3-11H,2H2,1H3/q+1. The molecule has 0 fully saturated rings. The van der Waals surface area contributed by atoms with Crippen molar-refractivity contribution in [1.82, 2.24) is 0 Å². The molecule has 2 rings (SSSR count). The van der Waals surface area contributed by atoms with Crippen LogP contribution in [0.4, 0.5) is 0 Å². The van der Waals surface area contributed by atoms with Gasteiger partial charge in [0, 0.05) is 22.4 Å². The predicted molar refractivity (Wildman–Crippen MR) is 63.4 cm³/mol. The summed E-state index contributed by atoms with van der Waals surface area (Å²) < 4.78 is 1.63. The van der Waals surface area contributed by atoms with Crippen LogP contribution in [-0.4, -0.2) is 0 Å². The van der Waals surface area contributed by atoms with Crippen LogP contribution >= 0.6 is 0 Å². The second kappa shape index (κ2) is 4.62. The minimum absolute atomic E-state index is 0.635. The molecule has 0 N–H and O–H groups in total. The second-order valence-corrected chi connectivity index (χ2v) is 3.62. The normalized spacial score (nSPS) is 9.81. The van der Waals surface area contributed by atoms with Gasteiger partial charge in [-0.15, -0.1) is 0 Å². The Kier molecular flexibility index (Phi) is 3.01. The third-order valence-electron chi connectivity index (χ3n) is 2.28. The SMILES string of the molecule is C=C(O[n+]1ccccc1)c1ccc(C)cc1. The first-order chi connectivity index (χ1) is 7.75. The molecule has 2 aromatic rings. The van der Waals surface area contributed by atoms with Gasteiger partial charge >= 0.3 is 0 Å². The maximum Gasteiger partial charge on any atom is 0.223 e. The van der Waals surface area contributed by atoms with Crippen molar-refractivity contribution in [2.75, 3.05) is 0 Å². The van der Waals surface area contributed by atoms with Crippen molar-refractivity contribution >= 4 is 5.76 Å². The highest BCUT2D eigenvalue weighted by atomic mass is 16.7. The van der Waals surface area contributed by atoms with Crippen LogP contribution in [0.5, 0.6) is 0 Å². The Bertz CT molecular complexity index is 474. The molecule has 0 unspecified atom stereocenters. The number of hydrogen-bond acceptors (Lipinski definition) is 1. The molecule has 2 nitrogen and oxygen atoms in total. The molecule has 0 saturated heterocycles. The fourth-order valence-electron chi connectivity index (χ4n) is 1.36. The van der Waals surface area contributed by atoms with Gasteiger partial charge in [-0.2, -0.15) is 0 Å². The van der Waals surface area contributed by atoms with Crippen LogP contribution in [0.1, 0.15) is 11.1 Å². The molecule has 0 bridgehead atoms. The molecular weight excluding hydrogens is 198 g/mol. The summed E-state index contributed by atoms with van der Waals surface area (Å²) in [4.78, 5) is 5.56. The fourth-order valence-corrected chi connectivity index (χ4v) is 1.36. The lowest BCUT2D eigenvalue weighted by atomic mass is 10.1. The Labute approximate surface area is 95.4 Å². The van der Waals surface area contributed by atoms with E-state index in [4.69, 9.17) is 4.84 Å². The van der Waals surface area contributed by atoms with Crippen molar-refractivity contribution in [1.29, 1.82) is 0 Å². The fraction of sp³-hybridized carbons (Fsp3) is 0.0714. The Morgan fingerprint density at radius 1 is 1.06 bits per heavy atom. The number of pyridine rings is 1. The highest BCUT2D eigenvalue weighted by Crippen LogP contribution is 2.10. The van der Waals surface area contributed by atoms with E-state index in [1.165, 1.54) is 5.56 Å². The lowest BCUT2D eigenvalue weighted by Gasteiger charge is -2.02. The molecule has 0 spiro atoms. The summed E-state index contributed by atoms with van der Waals surface area (Å²) in [6, 6.07) is 13.8. The summed E-state index contributed by atoms with van der Waals surface area (Å²) in [5, 5.41) is 0. The third-order valence-corrected chi connectivity index (χ3v) is 2.28. The van der Waals surface area contributed by atoms with Crippen molar-refractivity contribution in [2.45, 2.75) is 6.92 Å². The minimum Gasteiger partial charge on any atom is -0.232 e. The summed E-state index contributed by atoms with van der Waals surface area (Å²) in [6.45, 7) is 5.96. The van der Waals surface area contributed by atoms with E-state index in [0.29, 0.717) is 5.76 Å². The first-order valence-electron chi connectivity index (χ1n) is 5.16. The van der Waals surface area contributed by atoms with E-state index < -0.39 is 0 Å². The summed E-state index contributed by atoms with van der Waals surface area (Å²) in [5.41, 5.74) is 2.21. The molecule has 2 heteroatoms. The van der Waals surface area contributed by atoms with Gasteiger partial charge in [0.25, 0.3) is 0 Å². The molecule has 0 atom stereocenters. The van der Waals surface area contributed by atoms with Gasteiger partial charge in [0.05, 0.1) is 0 Å². The van der Waals surface area contributed by atoms with Crippen molar-refractivity contribution in [2.24, 2.45) is 0 Å². The smallest absolute Gasteiger partial charge is 0.223 e. The first kappa shape index (κ1) is 10.4. The van der Waals surface area contributed by atoms with Crippen LogP contribution in [0.25, 0.3) is 5.76 Å². The zero-order chi connectivity index (χ0) is 11.4. The van der Waals surface area contributed by atoms with Crippen molar-refractivity contribution in [3.05, 3.63) is 72.6 Å². The summed E-state index contributed by atoms with van der Waals surface area (Å²) in [6.07, 6.45) is 3.67. The van der Waals surface area contributed by atoms with E-state index in [2.05, 4.69) is 13.5 Å². The van der Waals surface area contributed by atoms with Crippen molar-refractivity contribution < 1.29 is 9.57 Å². The average molecular weight is 212 g/mol. The van der Waals surface area contributed by atoms with Gasteiger partial charge < -0.3 is 0 Å². The highest BCUT2D eigenvalue weighted by molar-refractivity contribution is 5.57. The second-order valence-electron chi connectivity index (χ2n) is 3.62. The van der Waals surface area contributed by atoms with Gasteiger partial charge in [-0.25, -0.2) is 4.84 Å². The number of rotatable bonds is 3. The highest BCUT2D eigenvalue weighted by Gasteiger charge is 2.06. The quantitative estimate of drug-likeness (QED) is 0.562. The maximum absolute atomic E-state index is 5.56. The number of aryl methyl sites for hydroxylation is 1. The van der Waals surface area contributed by atoms with Gasteiger partial charge in [0.15, 0.2) is 0 Å². The lowest BCUT2D eigenvalue weighted by molar-refractivity contribution is -0.871. The number of aromatic nitrogens is 1. The Morgan fingerprint density at radius 2 is 1.69 bits per heavy atom. The maximum atomic E-state index is 5.56. The largest absolute Gasteiger partial charge is 0.232 e. The molecule has 0 aliphatic heterocycles. The van der Waals surface area contributed by atoms with E-state index >= 15 is 0 Å². The van der Waals surface area contributed by atoms with Gasteiger partial charge in [0.2, 0.25) is 18.2 Å². The van der Waals surface area contributed by atoms with Gasteiger partial charge in [-0.3, -0.25) is 0 Å². The van der Waals surface area contributed by atoms with Crippen LogP contribution < -0.4 is 9.57 Å². The van der Waals surface area contributed by atoms with E-state index in [-0.39, 0.29) is 0 Å². The monoisotopic (exact) mass is 212 g/mol. The zero-order valence-electron chi connectivity index (χ0n) is 9.26. The van der Waals surface area contributed by atoms with Crippen molar-refractivity contribution in [3.63, 3.8) is 0 Å². The molecular formula is C14H14NO+. The number of benzene rings is 1. The van der Waals surface area contributed by atoms with Crippen LogP contribution in [0.15, 0.2) is 61.4 Å². The van der Waals surface area contributed by atoms with Gasteiger partial charge in [-0.05, 0) is 13.5 Å². The number of hydrogen-bond donors (Lipinski definition) is 0. The minimum atomic E-state index is 0.635. The third kappa shape index (κ3) is 2.48. The zero-order valence-corrected chi connectivity index (χ0v) is 9.26. The number of nitrogens with zero attached hydrogens (tertiary/aromatic N) is 1. The molecule has 1 aromatic heterocycles. The molecule has 0 amide bonds. The average Bonchev–Trinajstić information content (AvgIpc) is 2.31. The topological polar surface area (TPSA) is 13.1 Å². The molecule has 16 heavy (non-hydrogen) atoms. The molecule has 0 radical (unpaired) electrons. The Balaban J connectivity index is 2.12. The molecule has 1 heterocycles.